The Morgan fingerprint density at radius 3 is 2.75 bits per heavy atom. The zero-order valence-electron chi connectivity index (χ0n) is 8.85. The van der Waals surface area contributed by atoms with Crippen LogP contribution in [0.25, 0.3) is 0 Å². The van der Waals surface area contributed by atoms with Crippen molar-refractivity contribution in [2.24, 2.45) is 5.73 Å². The monoisotopic (exact) mass is 225 g/mol. The van der Waals surface area contributed by atoms with Gasteiger partial charge in [-0.3, -0.25) is 14.3 Å². The highest BCUT2D eigenvalue weighted by Crippen LogP contribution is 1.82. The normalized spacial score (nSPS) is 9.81. The van der Waals surface area contributed by atoms with Gasteiger partial charge in [-0.1, -0.05) is 0 Å². The van der Waals surface area contributed by atoms with Gasteiger partial charge in [0.2, 0.25) is 11.8 Å². The fourth-order valence-electron chi connectivity index (χ4n) is 1.06. The molecule has 0 aliphatic rings. The summed E-state index contributed by atoms with van der Waals surface area (Å²) in [6.45, 7) is 0.915. The van der Waals surface area contributed by atoms with E-state index in [0.717, 1.165) is 0 Å². The summed E-state index contributed by atoms with van der Waals surface area (Å²) in [5.41, 5.74) is 5.07. The number of carbonyl (C=O) groups is 2. The van der Waals surface area contributed by atoms with Crippen molar-refractivity contribution >= 4 is 11.8 Å². The molecule has 0 bridgehead atoms. The Balaban J connectivity index is 2.09. The number of hydrogen-bond donors (Lipinski definition) is 3. The highest BCUT2D eigenvalue weighted by atomic mass is 16.2. The minimum absolute atomic E-state index is 0.0465. The lowest BCUT2D eigenvalue weighted by Crippen LogP contribution is -2.40. The van der Waals surface area contributed by atoms with Crippen LogP contribution in [0.4, 0.5) is 0 Å². The molecular weight excluding hydrogens is 210 g/mol. The Morgan fingerprint density at radius 1 is 1.31 bits per heavy atom. The molecule has 1 rings (SSSR count). The minimum atomic E-state index is -0.345. The molecule has 0 aliphatic carbocycles. The van der Waals surface area contributed by atoms with Crippen LogP contribution < -0.4 is 16.4 Å². The third-order valence-electron chi connectivity index (χ3n) is 1.85. The van der Waals surface area contributed by atoms with Gasteiger partial charge in [-0.2, -0.15) is 5.10 Å². The predicted molar refractivity (Wildman–Crippen MR) is 57.3 cm³/mol. The second-order valence-electron chi connectivity index (χ2n) is 3.10. The average molecular weight is 225 g/mol. The van der Waals surface area contributed by atoms with Gasteiger partial charge in [0.05, 0.1) is 19.6 Å². The topological polar surface area (TPSA) is 102 Å². The standard InChI is InChI=1S/C9H15N5O2/c10-6-8(15)12-7-9(16)11-3-5-14-4-1-2-13-14/h1-2,4H,3,5-7,10H2,(H,11,16)(H,12,15). The molecule has 7 nitrogen and oxygen atoms in total. The van der Waals surface area contributed by atoms with E-state index < -0.39 is 0 Å². The van der Waals surface area contributed by atoms with Crippen molar-refractivity contribution in [3.8, 4) is 0 Å². The largest absolute Gasteiger partial charge is 0.353 e. The van der Waals surface area contributed by atoms with Crippen molar-refractivity contribution in [2.75, 3.05) is 19.6 Å². The number of aromatic nitrogens is 2. The van der Waals surface area contributed by atoms with Gasteiger partial charge >= 0.3 is 0 Å². The van der Waals surface area contributed by atoms with Crippen LogP contribution in [0.5, 0.6) is 0 Å². The molecule has 88 valence electrons. The summed E-state index contributed by atoms with van der Waals surface area (Å²) < 4.78 is 1.71. The second kappa shape index (κ2) is 6.57. The third-order valence-corrected chi connectivity index (χ3v) is 1.85. The molecule has 0 unspecified atom stereocenters. The fraction of sp³-hybridized carbons (Fsp3) is 0.444. The summed E-state index contributed by atoms with van der Waals surface area (Å²) in [5, 5.41) is 9.00. The molecule has 0 radical (unpaired) electrons. The van der Waals surface area contributed by atoms with E-state index in [0.29, 0.717) is 13.1 Å². The van der Waals surface area contributed by atoms with Crippen molar-refractivity contribution in [3.63, 3.8) is 0 Å². The Labute approximate surface area is 93.0 Å². The van der Waals surface area contributed by atoms with Crippen molar-refractivity contribution in [3.05, 3.63) is 18.5 Å². The number of hydrogen-bond acceptors (Lipinski definition) is 4. The van der Waals surface area contributed by atoms with Gasteiger partial charge in [0.1, 0.15) is 0 Å². The first-order valence-electron chi connectivity index (χ1n) is 4.93. The Kier molecular flexibility index (Phi) is 5.00. The van der Waals surface area contributed by atoms with Crippen LogP contribution in [0.3, 0.4) is 0 Å². The second-order valence-corrected chi connectivity index (χ2v) is 3.10. The van der Waals surface area contributed by atoms with Crippen molar-refractivity contribution in [1.82, 2.24) is 20.4 Å². The first-order valence-corrected chi connectivity index (χ1v) is 4.93. The van der Waals surface area contributed by atoms with Crippen LogP contribution in [0.1, 0.15) is 0 Å². The predicted octanol–water partition coefficient (Wildman–Crippen LogP) is -1.93. The van der Waals surface area contributed by atoms with E-state index in [1.165, 1.54) is 0 Å². The van der Waals surface area contributed by atoms with Crippen LogP contribution in [-0.2, 0) is 16.1 Å². The van der Waals surface area contributed by atoms with E-state index in [1.807, 2.05) is 12.3 Å². The lowest BCUT2D eigenvalue weighted by atomic mass is 10.5. The van der Waals surface area contributed by atoms with E-state index in [4.69, 9.17) is 5.73 Å². The van der Waals surface area contributed by atoms with Gasteiger partial charge in [0.25, 0.3) is 0 Å². The number of nitrogens with zero attached hydrogens (tertiary/aromatic N) is 2. The van der Waals surface area contributed by atoms with Gasteiger partial charge in [-0.25, -0.2) is 0 Å². The van der Waals surface area contributed by atoms with Gasteiger partial charge in [0.15, 0.2) is 0 Å². The summed E-state index contributed by atoms with van der Waals surface area (Å²) in [5.74, 6) is -0.587. The smallest absolute Gasteiger partial charge is 0.239 e. The molecule has 0 aromatic carbocycles. The molecule has 1 aromatic heterocycles. The highest BCUT2D eigenvalue weighted by Gasteiger charge is 2.02. The summed E-state index contributed by atoms with van der Waals surface area (Å²) in [7, 11) is 0. The Hall–Kier alpha value is -1.89. The molecule has 1 heterocycles. The molecule has 16 heavy (non-hydrogen) atoms. The number of nitrogens with one attached hydrogen (secondary N) is 2. The first kappa shape index (κ1) is 12.2. The minimum Gasteiger partial charge on any atom is -0.353 e. The Bertz CT molecular complexity index is 336. The summed E-state index contributed by atoms with van der Waals surface area (Å²) in [4.78, 5) is 21.9. The van der Waals surface area contributed by atoms with Crippen LogP contribution in [0.15, 0.2) is 18.5 Å². The average Bonchev–Trinajstić information content (AvgIpc) is 2.79. The lowest BCUT2D eigenvalue weighted by molar-refractivity contribution is -0.125. The van der Waals surface area contributed by atoms with E-state index in [1.54, 1.807) is 10.9 Å². The fourth-order valence-corrected chi connectivity index (χ4v) is 1.06. The first-order chi connectivity index (χ1) is 7.72. The van der Waals surface area contributed by atoms with Crippen molar-refractivity contribution in [2.45, 2.75) is 6.54 Å². The molecule has 0 saturated carbocycles. The molecule has 0 aliphatic heterocycles. The number of carbonyl (C=O) groups excluding carboxylic acids is 2. The van der Waals surface area contributed by atoms with Crippen LogP contribution in [0, 0.1) is 0 Å². The molecule has 0 fully saturated rings. The molecule has 7 heteroatoms. The highest BCUT2D eigenvalue weighted by molar-refractivity contribution is 5.85. The molecular formula is C9H15N5O2. The third kappa shape index (κ3) is 4.56. The quantitative estimate of drug-likeness (QED) is 0.525. The summed E-state index contributed by atoms with van der Waals surface area (Å²) in [6, 6.07) is 1.81. The molecule has 4 N–H and O–H groups in total. The van der Waals surface area contributed by atoms with Gasteiger partial charge in [-0.15, -0.1) is 0 Å². The molecule has 0 atom stereocenters. The van der Waals surface area contributed by atoms with Crippen molar-refractivity contribution < 1.29 is 9.59 Å². The number of amides is 2. The number of nitrogens with two attached hydrogens (primary N) is 1. The van der Waals surface area contributed by atoms with E-state index in [-0.39, 0.29) is 24.9 Å². The van der Waals surface area contributed by atoms with Gasteiger partial charge in [-0.05, 0) is 6.07 Å². The van der Waals surface area contributed by atoms with Crippen LogP contribution >= 0.6 is 0 Å². The zero-order valence-corrected chi connectivity index (χ0v) is 8.85. The molecule has 2 amide bonds. The van der Waals surface area contributed by atoms with Gasteiger partial charge in [0, 0.05) is 18.9 Å². The Morgan fingerprint density at radius 2 is 2.12 bits per heavy atom. The number of rotatable bonds is 6. The van der Waals surface area contributed by atoms with E-state index >= 15 is 0 Å². The summed E-state index contributed by atoms with van der Waals surface area (Å²) in [6.07, 6.45) is 3.48. The van der Waals surface area contributed by atoms with Crippen LogP contribution in [-0.4, -0.2) is 41.2 Å². The van der Waals surface area contributed by atoms with Crippen molar-refractivity contribution in [1.29, 1.82) is 0 Å². The molecule has 0 spiro atoms. The van der Waals surface area contributed by atoms with E-state index in [9.17, 15) is 9.59 Å². The molecule has 1 aromatic rings. The maximum atomic E-state index is 11.2. The molecule has 0 saturated heterocycles. The maximum absolute atomic E-state index is 11.2. The lowest BCUT2D eigenvalue weighted by Gasteiger charge is -2.06. The van der Waals surface area contributed by atoms with E-state index in [2.05, 4.69) is 15.7 Å². The maximum Gasteiger partial charge on any atom is 0.239 e. The zero-order chi connectivity index (χ0) is 11.8. The summed E-state index contributed by atoms with van der Waals surface area (Å²) >= 11 is 0. The van der Waals surface area contributed by atoms with Gasteiger partial charge < -0.3 is 16.4 Å². The SMILES string of the molecule is NCC(=O)NCC(=O)NCCn1cccn1. The van der Waals surface area contributed by atoms with Crippen LogP contribution in [0.2, 0.25) is 0 Å².